The summed E-state index contributed by atoms with van der Waals surface area (Å²) in [4.78, 5) is 20.5. The van der Waals surface area contributed by atoms with Gasteiger partial charge in [0.2, 0.25) is 0 Å². The topological polar surface area (TPSA) is 67.3 Å². The van der Waals surface area contributed by atoms with Crippen LogP contribution in [-0.2, 0) is 6.42 Å². The number of hydrogen-bond donors (Lipinski definition) is 1. The highest BCUT2D eigenvalue weighted by atomic mass is 14.9. The second kappa shape index (κ2) is 5.37. The van der Waals surface area contributed by atoms with Crippen LogP contribution in [0.25, 0.3) is 22.2 Å². The molecule has 0 amide bonds. The molecule has 0 saturated carbocycles. The van der Waals surface area contributed by atoms with Crippen molar-refractivity contribution in [3.8, 4) is 11.3 Å². The smallest absolute Gasteiger partial charge is 0.133 e. The second-order valence-electron chi connectivity index (χ2n) is 5.01. The van der Waals surface area contributed by atoms with Crippen molar-refractivity contribution < 1.29 is 0 Å². The van der Waals surface area contributed by atoms with E-state index in [2.05, 4.69) is 24.9 Å². The van der Waals surface area contributed by atoms with E-state index in [4.69, 9.17) is 0 Å². The number of fused-ring (bicyclic) bond motifs is 1. The molecule has 0 bridgehead atoms. The Morgan fingerprint density at radius 1 is 0.909 bits per heavy atom. The maximum absolute atomic E-state index is 4.68. The number of nitrogens with one attached hydrogen (secondary N) is 1. The van der Waals surface area contributed by atoms with Crippen LogP contribution in [0.1, 0.15) is 11.4 Å². The fraction of sp³-hybridized carbons (Fsp3) is 0.0588. The van der Waals surface area contributed by atoms with Crippen LogP contribution in [0.2, 0.25) is 0 Å². The largest absolute Gasteiger partial charge is 0.360 e. The third-order valence-corrected chi connectivity index (χ3v) is 3.58. The molecule has 4 rings (SSSR count). The van der Waals surface area contributed by atoms with E-state index in [1.807, 2.05) is 36.7 Å². The van der Waals surface area contributed by atoms with E-state index < -0.39 is 0 Å². The van der Waals surface area contributed by atoms with Gasteiger partial charge in [-0.25, -0.2) is 9.97 Å². The zero-order valence-electron chi connectivity index (χ0n) is 11.8. The van der Waals surface area contributed by atoms with E-state index in [9.17, 15) is 0 Å². The van der Waals surface area contributed by atoms with Gasteiger partial charge in [-0.3, -0.25) is 9.97 Å². The van der Waals surface area contributed by atoms with Gasteiger partial charge in [0.1, 0.15) is 5.82 Å². The normalized spacial score (nSPS) is 10.9. The summed E-state index contributed by atoms with van der Waals surface area (Å²) in [6.07, 6.45) is 11.6. The minimum atomic E-state index is 0.691. The van der Waals surface area contributed by atoms with Crippen LogP contribution in [0.3, 0.4) is 0 Å². The van der Waals surface area contributed by atoms with Crippen molar-refractivity contribution in [2.45, 2.75) is 6.42 Å². The Hall–Kier alpha value is -3.08. The molecular formula is C17H13N5. The Labute approximate surface area is 127 Å². The molecule has 0 unspecified atom stereocenters. The van der Waals surface area contributed by atoms with Crippen LogP contribution >= 0.6 is 0 Å². The lowest BCUT2D eigenvalue weighted by atomic mass is 10.1. The van der Waals surface area contributed by atoms with Crippen molar-refractivity contribution in [2.24, 2.45) is 0 Å². The number of pyridine rings is 2. The maximum Gasteiger partial charge on any atom is 0.133 e. The summed E-state index contributed by atoms with van der Waals surface area (Å²) in [5.74, 6) is 0.793. The summed E-state index contributed by atoms with van der Waals surface area (Å²) < 4.78 is 0. The lowest BCUT2D eigenvalue weighted by Gasteiger charge is -2.03. The van der Waals surface area contributed by atoms with Crippen LogP contribution in [-0.4, -0.2) is 24.9 Å². The van der Waals surface area contributed by atoms with Gasteiger partial charge in [0.05, 0.1) is 5.69 Å². The van der Waals surface area contributed by atoms with Gasteiger partial charge in [0.25, 0.3) is 0 Å². The minimum Gasteiger partial charge on any atom is -0.360 e. The molecule has 0 saturated heterocycles. The molecule has 4 heterocycles. The Kier molecular flexibility index (Phi) is 3.08. The molecule has 22 heavy (non-hydrogen) atoms. The molecule has 0 aromatic carbocycles. The van der Waals surface area contributed by atoms with Gasteiger partial charge in [0.15, 0.2) is 0 Å². The zero-order valence-corrected chi connectivity index (χ0v) is 11.8. The zero-order chi connectivity index (χ0) is 14.8. The van der Waals surface area contributed by atoms with Crippen molar-refractivity contribution in [2.75, 3.05) is 0 Å². The summed E-state index contributed by atoms with van der Waals surface area (Å²) in [6.45, 7) is 0. The summed E-state index contributed by atoms with van der Waals surface area (Å²) >= 11 is 0. The van der Waals surface area contributed by atoms with Gasteiger partial charge in [-0.15, -0.1) is 0 Å². The summed E-state index contributed by atoms with van der Waals surface area (Å²) in [7, 11) is 0. The molecule has 4 aromatic rings. The Balaban J connectivity index is 1.73. The maximum atomic E-state index is 4.68. The van der Waals surface area contributed by atoms with Crippen LogP contribution in [0.5, 0.6) is 0 Å². The van der Waals surface area contributed by atoms with E-state index in [0.29, 0.717) is 6.42 Å². The predicted octanol–water partition coefficient (Wildman–Crippen LogP) is 3.01. The van der Waals surface area contributed by atoms with Crippen LogP contribution in [0, 0.1) is 0 Å². The van der Waals surface area contributed by atoms with Gasteiger partial charge < -0.3 is 4.98 Å². The van der Waals surface area contributed by atoms with E-state index in [-0.39, 0.29) is 0 Å². The highest BCUT2D eigenvalue weighted by molar-refractivity contribution is 5.93. The first kappa shape index (κ1) is 12.6. The third-order valence-electron chi connectivity index (χ3n) is 3.58. The van der Waals surface area contributed by atoms with E-state index in [0.717, 1.165) is 33.5 Å². The Morgan fingerprint density at radius 2 is 1.77 bits per heavy atom. The highest BCUT2D eigenvalue weighted by Crippen LogP contribution is 2.26. The van der Waals surface area contributed by atoms with Crippen molar-refractivity contribution in [3.05, 3.63) is 72.8 Å². The fourth-order valence-corrected chi connectivity index (χ4v) is 2.49. The highest BCUT2D eigenvalue weighted by Gasteiger charge is 2.08. The lowest BCUT2D eigenvalue weighted by Crippen LogP contribution is -1.97. The van der Waals surface area contributed by atoms with E-state index in [1.165, 1.54) is 0 Å². The summed E-state index contributed by atoms with van der Waals surface area (Å²) in [5.41, 5.74) is 4.15. The first-order chi connectivity index (χ1) is 10.9. The van der Waals surface area contributed by atoms with E-state index in [1.54, 1.807) is 24.8 Å². The molecule has 0 atom stereocenters. The summed E-state index contributed by atoms with van der Waals surface area (Å²) in [5, 5.41) is 1.07. The Morgan fingerprint density at radius 3 is 2.68 bits per heavy atom. The molecule has 106 valence electrons. The number of H-pyrrole nitrogens is 1. The van der Waals surface area contributed by atoms with Gasteiger partial charge >= 0.3 is 0 Å². The molecule has 5 nitrogen and oxygen atoms in total. The SMILES string of the molecule is c1cc(Cc2nccc(-c3c[nH]c4ccncc34)n2)ccn1. The third kappa shape index (κ3) is 2.33. The Bertz CT molecular complexity index is 914. The molecule has 0 aliphatic heterocycles. The van der Waals surface area contributed by atoms with Gasteiger partial charge in [-0.1, -0.05) is 0 Å². The number of rotatable bonds is 3. The monoisotopic (exact) mass is 287 g/mol. The fourth-order valence-electron chi connectivity index (χ4n) is 2.49. The quantitative estimate of drug-likeness (QED) is 0.629. The number of aromatic nitrogens is 5. The van der Waals surface area contributed by atoms with Crippen LogP contribution < -0.4 is 0 Å². The van der Waals surface area contributed by atoms with Crippen LogP contribution in [0.4, 0.5) is 0 Å². The molecular weight excluding hydrogens is 274 g/mol. The number of aromatic amines is 1. The van der Waals surface area contributed by atoms with Crippen LogP contribution in [0.15, 0.2) is 61.4 Å². The minimum absolute atomic E-state index is 0.691. The molecule has 0 radical (unpaired) electrons. The number of nitrogens with zero attached hydrogens (tertiary/aromatic N) is 4. The molecule has 4 aromatic heterocycles. The van der Waals surface area contributed by atoms with Gasteiger partial charge in [-0.05, 0) is 29.8 Å². The second-order valence-corrected chi connectivity index (χ2v) is 5.01. The molecule has 0 aliphatic carbocycles. The van der Waals surface area contributed by atoms with Crippen molar-refractivity contribution in [3.63, 3.8) is 0 Å². The molecule has 0 fully saturated rings. The first-order valence-corrected chi connectivity index (χ1v) is 7.02. The van der Waals surface area contributed by atoms with Gasteiger partial charge in [-0.2, -0.15) is 0 Å². The number of hydrogen-bond acceptors (Lipinski definition) is 4. The molecule has 5 heteroatoms. The molecule has 1 N–H and O–H groups in total. The van der Waals surface area contributed by atoms with Gasteiger partial charge in [0, 0.05) is 60.1 Å². The van der Waals surface area contributed by atoms with Crippen molar-refractivity contribution in [1.29, 1.82) is 0 Å². The van der Waals surface area contributed by atoms with Crippen molar-refractivity contribution >= 4 is 10.9 Å². The van der Waals surface area contributed by atoms with E-state index >= 15 is 0 Å². The molecule has 0 aliphatic rings. The average Bonchev–Trinajstić information content (AvgIpc) is 3.00. The summed E-state index contributed by atoms with van der Waals surface area (Å²) in [6, 6.07) is 7.83. The standard InChI is InChI=1S/C17H13N5/c1-5-18-6-2-12(1)9-17-20-8-4-16(22-17)14-11-21-15-3-7-19-10-13(14)15/h1-8,10-11,21H,9H2. The average molecular weight is 287 g/mol. The molecule has 0 spiro atoms. The first-order valence-electron chi connectivity index (χ1n) is 7.02. The predicted molar refractivity (Wildman–Crippen MR) is 84.2 cm³/mol. The lowest BCUT2D eigenvalue weighted by molar-refractivity contribution is 0.969. The van der Waals surface area contributed by atoms with Crippen molar-refractivity contribution in [1.82, 2.24) is 24.9 Å².